The summed E-state index contributed by atoms with van der Waals surface area (Å²) in [5, 5.41) is 12.0. The highest BCUT2D eigenvalue weighted by atomic mass is 16.3. The molecule has 0 unspecified atom stereocenters. The first-order valence-corrected chi connectivity index (χ1v) is 8.96. The number of hydrogen-bond donors (Lipinski definition) is 0. The highest BCUT2D eigenvalue weighted by Crippen LogP contribution is 2.15. The number of carbonyl (C=O) groups excluding carboxylic acids is 3. The van der Waals surface area contributed by atoms with E-state index in [-0.39, 0.29) is 11.1 Å². The van der Waals surface area contributed by atoms with Crippen LogP contribution >= 0.6 is 0 Å². The lowest BCUT2D eigenvalue weighted by atomic mass is 10.1. The lowest BCUT2D eigenvalue weighted by Crippen LogP contribution is -2.52. The number of nitrogens with zero attached hydrogens (tertiary/aromatic N) is 4. The quantitative estimate of drug-likeness (QED) is 0.429. The Kier molecular flexibility index (Phi) is 7.03. The molecule has 2 aromatic heterocycles. The number of pyridine rings is 1. The van der Waals surface area contributed by atoms with Crippen molar-refractivity contribution in [2.45, 2.75) is 0 Å². The van der Waals surface area contributed by atoms with Gasteiger partial charge in [0.2, 0.25) is 0 Å². The molecule has 4 amide bonds. The zero-order valence-corrected chi connectivity index (χ0v) is 17.4. The van der Waals surface area contributed by atoms with Crippen molar-refractivity contribution in [2.24, 2.45) is 14.1 Å². The van der Waals surface area contributed by atoms with Crippen LogP contribution in [0.2, 0.25) is 0 Å². The highest BCUT2D eigenvalue weighted by Gasteiger charge is 2.37. The number of hydrogen-bond acceptors (Lipinski definition) is 6. The molecule has 3 heterocycles. The molecule has 2 aromatic rings. The summed E-state index contributed by atoms with van der Waals surface area (Å²) in [7, 11) is 4.90. The Morgan fingerprint density at radius 2 is 1.39 bits per heavy atom. The van der Waals surface area contributed by atoms with E-state index in [4.69, 9.17) is 0 Å². The van der Waals surface area contributed by atoms with Crippen LogP contribution in [0.4, 0.5) is 4.79 Å². The van der Waals surface area contributed by atoms with Crippen molar-refractivity contribution < 1.29 is 24.5 Å². The third-order valence-electron chi connectivity index (χ3n) is 4.42. The molecule has 1 aliphatic rings. The summed E-state index contributed by atoms with van der Waals surface area (Å²) in [5.41, 5.74) is -2.15. The van der Waals surface area contributed by atoms with Crippen LogP contribution in [0.25, 0.3) is 6.08 Å². The fraction of sp³-hybridized carbons (Fsp3) is 0.200. The van der Waals surface area contributed by atoms with Gasteiger partial charge in [-0.3, -0.25) is 28.8 Å². The minimum absolute atomic E-state index is 0.296. The smallest absolute Gasteiger partial charge is 0.333 e. The molecule has 1 N–H and O–H groups in total. The number of rotatable bonds is 2. The van der Waals surface area contributed by atoms with E-state index in [9.17, 15) is 29.1 Å². The van der Waals surface area contributed by atoms with E-state index in [0.717, 1.165) is 31.1 Å². The Hall–Kier alpha value is -4.28. The maximum Gasteiger partial charge on any atom is 0.333 e. The predicted molar refractivity (Wildman–Crippen MR) is 107 cm³/mol. The third kappa shape index (κ3) is 4.66. The first kappa shape index (κ1) is 23.0. The monoisotopic (exact) mass is 427 g/mol. The van der Waals surface area contributed by atoms with Gasteiger partial charge >= 0.3 is 11.7 Å². The standard InChI is InChI=1S/C15H16N4O6.C5H5N/c1-16-10(20)8(11(21)17(2)14(16)24)6-5-7-9-12(22)18(3)15(25)19(4)13(9)23;1-2-4-6-5-3-1/h5-7,20H,1-4H3;1-5H/b6-5+;. The Morgan fingerprint density at radius 3 is 1.84 bits per heavy atom. The molecular weight excluding hydrogens is 406 g/mol. The molecule has 0 spiro atoms. The van der Waals surface area contributed by atoms with Crippen LogP contribution in [0.15, 0.2) is 57.9 Å². The molecule has 0 radical (unpaired) electrons. The zero-order chi connectivity index (χ0) is 23.3. The average Bonchev–Trinajstić information content (AvgIpc) is 2.79. The molecule has 0 bridgehead atoms. The fourth-order valence-electron chi connectivity index (χ4n) is 2.57. The maximum absolute atomic E-state index is 12.0. The van der Waals surface area contributed by atoms with E-state index in [1.54, 1.807) is 0 Å². The van der Waals surface area contributed by atoms with E-state index in [0.29, 0.717) is 0 Å². The SMILES string of the molecule is CN1C(=O)C(=C/C=C/c2c([O-])n(C)c(=O)n(C)c2=O)C(=O)N(C)C1=O.c1cc[nH+]cc1. The Labute approximate surface area is 176 Å². The van der Waals surface area contributed by atoms with Gasteiger partial charge in [-0.25, -0.2) is 14.6 Å². The van der Waals surface area contributed by atoms with E-state index < -0.39 is 35.0 Å². The molecule has 11 nitrogen and oxygen atoms in total. The average molecular weight is 427 g/mol. The number of H-pyrrole nitrogens is 1. The van der Waals surface area contributed by atoms with Crippen molar-refractivity contribution in [1.82, 2.24) is 18.9 Å². The van der Waals surface area contributed by atoms with E-state index in [2.05, 4.69) is 4.98 Å². The minimum atomic E-state index is -0.798. The summed E-state index contributed by atoms with van der Waals surface area (Å²) in [6.45, 7) is 0. The summed E-state index contributed by atoms with van der Waals surface area (Å²) < 4.78 is 1.54. The second-order valence-electron chi connectivity index (χ2n) is 6.45. The van der Waals surface area contributed by atoms with Gasteiger partial charge in [-0.05, 0) is 18.0 Å². The third-order valence-corrected chi connectivity index (χ3v) is 4.42. The maximum atomic E-state index is 12.0. The second kappa shape index (κ2) is 9.48. The molecular formula is C20H21N5O6. The van der Waals surface area contributed by atoms with Crippen LogP contribution in [-0.2, 0) is 23.7 Å². The first-order valence-electron chi connectivity index (χ1n) is 8.96. The van der Waals surface area contributed by atoms with Gasteiger partial charge in [0.15, 0.2) is 12.4 Å². The summed E-state index contributed by atoms with van der Waals surface area (Å²) in [6, 6.07) is 5.10. The van der Waals surface area contributed by atoms with E-state index in [1.165, 1.54) is 34.3 Å². The summed E-state index contributed by atoms with van der Waals surface area (Å²) in [6.07, 6.45) is 7.13. The molecule has 0 aliphatic carbocycles. The molecule has 11 heteroatoms. The molecule has 162 valence electrons. The van der Waals surface area contributed by atoms with Crippen LogP contribution < -0.4 is 21.3 Å². The number of urea groups is 1. The van der Waals surface area contributed by atoms with Gasteiger partial charge in [-0.2, -0.15) is 0 Å². The lowest BCUT2D eigenvalue weighted by molar-refractivity contribution is -0.377. The van der Waals surface area contributed by atoms with Crippen LogP contribution in [0.5, 0.6) is 5.88 Å². The number of aromatic amines is 1. The number of amides is 4. The van der Waals surface area contributed by atoms with E-state index >= 15 is 0 Å². The lowest BCUT2D eigenvalue weighted by Gasteiger charge is -2.28. The van der Waals surface area contributed by atoms with Crippen molar-refractivity contribution >= 4 is 23.9 Å². The van der Waals surface area contributed by atoms with Crippen LogP contribution in [0, 0.1) is 0 Å². The number of barbiturate groups is 1. The largest absolute Gasteiger partial charge is 0.859 e. The van der Waals surface area contributed by atoms with Gasteiger partial charge in [-0.15, -0.1) is 0 Å². The van der Waals surface area contributed by atoms with Crippen LogP contribution in [-0.4, -0.2) is 50.9 Å². The van der Waals surface area contributed by atoms with E-state index in [1.807, 2.05) is 30.6 Å². The summed E-state index contributed by atoms with van der Waals surface area (Å²) in [4.78, 5) is 63.7. The van der Waals surface area contributed by atoms with Gasteiger partial charge in [0.05, 0.1) is 0 Å². The van der Waals surface area contributed by atoms with Gasteiger partial charge in [0.1, 0.15) is 5.57 Å². The number of nitrogens with one attached hydrogen (secondary N) is 1. The van der Waals surface area contributed by atoms with Crippen molar-refractivity contribution in [2.75, 3.05) is 14.1 Å². The minimum Gasteiger partial charge on any atom is -0.859 e. The van der Waals surface area contributed by atoms with Gasteiger partial charge < -0.3 is 9.67 Å². The molecule has 1 fully saturated rings. The Morgan fingerprint density at radius 1 is 0.839 bits per heavy atom. The van der Waals surface area contributed by atoms with Gasteiger partial charge in [0, 0.05) is 45.9 Å². The Balaban J connectivity index is 0.000000488. The Bertz CT molecular complexity index is 1140. The number of aromatic nitrogens is 3. The van der Waals surface area contributed by atoms with Crippen molar-refractivity contribution in [3.63, 3.8) is 0 Å². The molecule has 0 saturated carbocycles. The molecule has 1 saturated heterocycles. The highest BCUT2D eigenvalue weighted by molar-refractivity contribution is 6.28. The number of carbonyl (C=O) groups is 3. The molecule has 31 heavy (non-hydrogen) atoms. The predicted octanol–water partition coefficient (Wildman–Crippen LogP) is -1.35. The van der Waals surface area contributed by atoms with Crippen LogP contribution in [0.1, 0.15) is 5.56 Å². The van der Waals surface area contributed by atoms with Crippen molar-refractivity contribution in [3.8, 4) is 5.88 Å². The molecule has 3 rings (SSSR count). The van der Waals surface area contributed by atoms with Gasteiger partial charge in [0.25, 0.3) is 17.4 Å². The fourth-order valence-corrected chi connectivity index (χ4v) is 2.57. The molecule has 0 atom stereocenters. The normalized spacial score (nSPS) is 14.1. The summed E-state index contributed by atoms with van der Waals surface area (Å²) >= 11 is 0. The molecule has 0 aromatic carbocycles. The van der Waals surface area contributed by atoms with Crippen molar-refractivity contribution in [3.05, 3.63) is 74.7 Å². The first-order chi connectivity index (χ1) is 14.6. The topological polar surface area (TPSA) is 139 Å². The molecule has 1 aliphatic heterocycles. The second-order valence-corrected chi connectivity index (χ2v) is 6.45. The number of likely N-dealkylation sites (N-methyl/N-ethyl adjacent to an activating group) is 2. The van der Waals surface area contributed by atoms with Crippen molar-refractivity contribution in [1.29, 1.82) is 0 Å². The van der Waals surface area contributed by atoms with Crippen LogP contribution in [0.3, 0.4) is 0 Å². The number of allylic oxidation sites excluding steroid dienone is 2. The van der Waals surface area contributed by atoms with Gasteiger partial charge in [-0.1, -0.05) is 12.1 Å². The zero-order valence-electron chi connectivity index (χ0n) is 17.4. The summed E-state index contributed by atoms with van der Waals surface area (Å²) in [5.74, 6) is -2.39. The number of imide groups is 2.